The molecule has 0 fully saturated rings. The molecule has 0 bridgehead atoms. The number of hydrogen-bond donors (Lipinski definition) is 2. The quantitative estimate of drug-likeness (QED) is 0.656. The van der Waals surface area contributed by atoms with Crippen LogP contribution in [0.1, 0.15) is 11.1 Å². The second-order valence-corrected chi connectivity index (χ2v) is 5.89. The second kappa shape index (κ2) is 5.32. The van der Waals surface area contributed by atoms with E-state index in [1.54, 1.807) is 12.1 Å². The fourth-order valence-electron chi connectivity index (χ4n) is 1.46. The zero-order valence-corrected chi connectivity index (χ0v) is 11.1. The predicted molar refractivity (Wildman–Crippen MR) is 67.1 cm³/mol. The maximum atomic E-state index is 8.82. The lowest BCUT2D eigenvalue weighted by Gasteiger charge is -2.17. The van der Waals surface area contributed by atoms with Gasteiger partial charge in [0.05, 0.1) is 12.8 Å². The van der Waals surface area contributed by atoms with Gasteiger partial charge in [-0.1, -0.05) is 34.8 Å². The smallest absolute Gasteiger partial charge is 0.194 e. The van der Waals surface area contributed by atoms with Crippen molar-refractivity contribution >= 4 is 40.5 Å². The van der Waals surface area contributed by atoms with Crippen molar-refractivity contribution in [3.05, 3.63) is 23.3 Å². The van der Waals surface area contributed by atoms with E-state index < -0.39 is 3.79 Å². The van der Waals surface area contributed by atoms with E-state index in [2.05, 4.69) is 5.48 Å². The first-order valence-corrected chi connectivity index (χ1v) is 5.65. The van der Waals surface area contributed by atoms with Gasteiger partial charge in [0.25, 0.3) is 0 Å². The first kappa shape index (κ1) is 13.7. The zero-order valence-electron chi connectivity index (χ0n) is 8.85. The number of hydrogen-bond acceptors (Lipinski definition) is 3. The van der Waals surface area contributed by atoms with Gasteiger partial charge in [-0.3, -0.25) is 10.7 Å². The molecule has 0 aliphatic rings. The van der Waals surface area contributed by atoms with Crippen molar-refractivity contribution in [2.75, 3.05) is 12.6 Å². The van der Waals surface area contributed by atoms with Crippen LogP contribution in [0.5, 0.6) is 5.75 Å². The number of halogens is 3. The molecule has 0 aliphatic carbocycles. The molecule has 6 heteroatoms. The molecule has 0 atom stereocenters. The van der Waals surface area contributed by atoms with E-state index in [4.69, 9.17) is 44.7 Å². The Kier molecular flexibility index (Phi) is 4.56. The van der Waals surface area contributed by atoms with E-state index in [9.17, 15) is 0 Å². The van der Waals surface area contributed by atoms with Gasteiger partial charge < -0.3 is 4.74 Å². The molecule has 0 saturated heterocycles. The Balaban J connectivity index is 3.16. The molecule has 16 heavy (non-hydrogen) atoms. The Hall–Kier alpha value is -0.350. The highest BCUT2D eigenvalue weighted by Crippen LogP contribution is 2.36. The number of ether oxygens (including phenoxy) is 1. The predicted octanol–water partition coefficient (Wildman–Crippen LogP) is 3.72. The summed E-state index contributed by atoms with van der Waals surface area (Å²) in [5.74, 6) is 0.572. The molecule has 0 unspecified atom stereocenters. The summed E-state index contributed by atoms with van der Waals surface area (Å²) in [7, 11) is 1.53. The normalized spacial score (nSPS) is 11.4. The van der Waals surface area contributed by atoms with E-state index in [0.29, 0.717) is 11.4 Å². The molecular formula is C10H12Cl3NO2. The zero-order chi connectivity index (χ0) is 12.3. The fourth-order valence-corrected chi connectivity index (χ4v) is 1.86. The van der Waals surface area contributed by atoms with Crippen LogP contribution in [0.2, 0.25) is 0 Å². The maximum absolute atomic E-state index is 8.82. The van der Waals surface area contributed by atoms with Gasteiger partial charge in [-0.15, -0.1) is 0 Å². The molecule has 0 aliphatic heterocycles. The van der Waals surface area contributed by atoms with Crippen molar-refractivity contribution in [2.24, 2.45) is 0 Å². The molecule has 90 valence electrons. The lowest BCUT2D eigenvalue weighted by atomic mass is 10.0. The molecule has 0 radical (unpaired) electrons. The molecule has 1 aromatic carbocycles. The monoisotopic (exact) mass is 283 g/mol. The third-order valence-corrected chi connectivity index (χ3v) is 2.56. The minimum absolute atomic E-state index is 0.248. The van der Waals surface area contributed by atoms with Gasteiger partial charge in [0.15, 0.2) is 3.79 Å². The van der Waals surface area contributed by atoms with Gasteiger partial charge in [0.1, 0.15) is 5.75 Å². The van der Waals surface area contributed by atoms with E-state index in [1.807, 2.05) is 6.92 Å². The van der Waals surface area contributed by atoms with Gasteiger partial charge in [0.2, 0.25) is 0 Å². The van der Waals surface area contributed by atoms with Crippen LogP contribution in [0.25, 0.3) is 0 Å². The molecule has 0 saturated carbocycles. The average molecular weight is 285 g/mol. The summed E-state index contributed by atoms with van der Waals surface area (Å²) in [4.78, 5) is 0. The average Bonchev–Trinajstić information content (AvgIpc) is 2.19. The third-order valence-electron chi connectivity index (χ3n) is 2.16. The summed E-state index contributed by atoms with van der Waals surface area (Å²) < 4.78 is 3.82. The number of aryl methyl sites for hydroxylation is 1. The van der Waals surface area contributed by atoms with Crippen molar-refractivity contribution < 1.29 is 9.94 Å². The van der Waals surface area contributed by atoms with Crippen LogP contribution >= 0.6 is 34.8 Å². The van der Waals surface area contributed by atoms with Gasteiger partial charge in [0, 0.05) is 18.1 Å². The second-order valence-electron chi connectivity index (χ2n) is 3.38. The van der Waals surface area contributed by atoms with Gasteiger partial charge in [-0.25, -0.2) is 0 Å². The van der Waals surface area contributed by atoms with E-state index in [1.165, 1.54) is 7.11 Å². The van der Waals surface area contributed by atoms with Crippen molar-refractivity contribution in [3.8, 4) is 5.75 Å². The summed E-state index contributed by atoms with van der Waals surface area (Å²) in [5.41, 5.74) is 4.27. The van der Waals surface area contributed by atoms with E-state index >= 15 is 0 Å². The lowest BCUT2D eigenvalue weighted by Crippen LogP contribution is -2.10. The summed E-state index contributed by atoms with van der Waals surface area (Å²) in [6.45, 7) is 1.86. The molecular weight excluding hydrogens is 272 g/mol. The van der Waals surface area contributed by atoms with Crippen molar-refractivity contribution in [3.63, 3.8) is 0 Å². The van der Waals surface area contributed by atoms with Crippen LogP contribution in [0.15, 0.2) is 12.1 Å². The van der Waals surface area contributed by atoms with E-state index in [-0.39, 0.29) is 6.42 Å². The Morgan fingerprint density at radius 1 is 1.38 bits per heavy atom. The van der Waals surface area contributed by atoms with Gasteiger partial charge in [-0.2, -0.15) is 0 Å². The third kappa shape index (κ3) is 3.59. The number of alkyl halides is 3. The highest BCUT2D eigenvalue weighted by Gasteiger charge is 2.24. The number of benzene rings is 1. The highest BCUT2D eigenvalue weighted by atomic mass is 35.6. The SMILES string of the molecule is COc1cc(NO)cc(C)c1CC(Cl)(Cl)Cl. The van der Waals surface area contributed by atoms with Crippen molar-refractivity contribution in [2.45, 2.75) is 17.1 Å². The summed E-state index contributed by atoms with van der Waals surface area (Å²) in [6.07, 6.45) is 0.248. The minimum Gasteiger partial charge on any atom is -0.496 e. The fraction of sp³-hybridized carbons (Fsp3) is 0.400. The van der Waals surface area contributed by atoms with Gasteiger partial charge >= 0.3 is 0 Å². The Bertz CT molecular complexity index is 377. The first-order chi connectivity index (χ1) is 7.37. The van der Waals surface area contributed by atoms with Crippen LogP contribution < -0.4 is 10.2 Å². The minimum atomic E-state index is -1.37. The van der Waals surface area contributed by atoms with Crippen LogP contribution in [0, 0.1) is 6.92 Å². The molecule has 0 spiro atoms. The lowest BCUT2D eigenvalue weighted by molar-refractivity contribution is 0.385. The number of anilines is 1. The number of rotatable bonds is 3. The number of nitrogens with one attached hydrogen (secondary N) is 1. The van der Waals surface area contributed by atoms with Crippen molar-refractivity contribution in [1.82, 2.24) is 0 Å². The molecule has 1 aromatic rings. The Morgan fingerprint density at radius 2 is 2.00 bits per heavy atom. The Morgan fingerprint density at radius 3 is 2.44 bits per heavy atom. The van der Waals surface area contributed by atoms with Crippen LogP contribution in [-0.2, 0) is 6.42 Å². The molecule has 1 rings (SSSR count). The van der Waals surface area contributed by atoms with E-state index in [0.717, 1.165) is 11.1 Å². The number of methoxy groups -OCH3 is 1. The Labute approximate surface area is 109 Å². The highest BCUT2D eigenvalue weighted by molar-refractivity contribution is 6.67. The molecule has 0 amide bonds. The van der Waals surface area contributed by atoms with Crippen LogP contribution in [-0.4, -0.2) is 16.1 Å². The van der Waals surface area contributed by atoms with Gasteiger partial charge in [-0.05, 0) is 18.6 Å². The maximum Gasteiger partial charge on any atom is 0.194 e. The van der Waals surface area contributed by atoms with Crippen LogP contribution in [0.4, 0.5) is 5.69 Å². The molecule has 0 heterocycles. The molecule has 3 nitrogen and oxygen atoms in total. The molecule has 2 N–H and O–H groups in total. The van der Waals surface area contributed by atoms with Crippen LogP contribution in [0.3, 0.4) is 0 Å². The van der Waals surface area contributed by atoms with Crippen molar-refractivity contribution in [1.29, 1.82) is 0 Å². The summed E-state index contributed by atoms with van der Waals surface area (Å²) in [5, 5.41) is 8.82. The largest absolute Gasteiger partial charge is 0.496 e. The topological polar surface area (TPSA) is 41.5 Å². The molecule has 0 aromatic heterocycles. The first-order valence-electron chi connectivity index (χ1n) is 4.51. The standard InChI is InChI=1S/C10H12Cl3NO2/c1-6-3-7(14-15)4-9(16-2)8(6)5-10(11,12)13/h3-4,14-15H,5H2,1-2H3. The summed E-state index contributed by atoms with van der Waals surface area (Å²) in [6, 6.07) is 3.38. The summed E-state index contributed by atoms with van der Waals surface area (Å²) >= 11 is 17.3.